The van der Waals surface area contributed by atoms with E-state index in [2.05, 4.69) is 293 Å². The molecule has 79 heavy (non-hydrogen) atoms. The third-order valence-corrected chi connectivity index (χ3v) is 29.6. The lowest BCUT2D eigenvalue weighted by molar-refractivity contribution is 0.282. The molecular formula is C70H97BrO5Si3. The highest BCUT2D eigenvalue weighted by Crippen LogP contribution is 2.39. The zero-order valence-electron chi connectivity index (χ0n) is 50.1. The minimum atomic E-state index is -2.44. The predicted octanol–water partition coefficient (Wildman–Crippen LogP) is 14.7. The van der Waals surface area contributed by atoms with Gasteiger partial charge in [-0.15, -0.1) is 13.2 Å². The largest absolute Gasteiger partial charge is 0.407 e. The van der Waals surface area contributed by atoms with Crippen LogP contribution in [0.2, 0.25) is 15.1 Å². The molecule has 0 aliphatic heterocycles. The van der Waals surface area contributed by atoms with Crippen LogP contribution < -0.4 is 31.1 Å². The highest BCUT2D eigenvalue weighted by molar-refractivity contribution is 9.09. The van der Waals surface area contributed by atoms with Crippen LogP contribution in [0.5, 0.6) is 0 Å². The van der Waals surface area contributed by atoms with Gasteiger partial charge < -0.3 is 23.5 Å². The highest BCUT2D eigenvalue weighted by atomic mass is 79.9. The van der Waals surface area contributed by atoms with E-state index in [0.29, 0.717) is 13.0 Å². The number of rotatable bonds is 24. The van der Waals surface area contributed by atoms with Gasteiger partial charge in [-0.2, -0.15) is 0 Å². The molecule has 0 aliphatic rings. The molecule has 0 bridgehead atoms. The average molecular weight is 1180 g/mol. The minimum absolute atomic E-state index is 0.00593. The zero-order valence-corrected chi connectivity index (χ0v) is 54.7. The molecule has 6 aromatic carbocycles. The van der Waals surface area contributed by atoms with E-state index in [-0.39, 0.29) is 28.3 Å². The van der Waals surface area contributed by atoms with E-state index in [0.717, 1.165) is 61.8 Å². The summed E-state index contributed by atoms with van der Waals surface area (Å²) in [6.07, 6.45) is 4.99. The van der Waals surface area contributed by atoms with E-state index in [1.54, 1.807) is 0 Å². The summed E-state index contributed by atoms with van der Waals surface area (Å²) < 4.78 is 20.4. The van der Waals surface area contributed by atoms with Gasteiger partial charge in [0.15, 0.2) is 0 Å². The fourth-order valence-electron chi connectivity index (χ4n) is 10.1. The summed E-state index contributed by atoms with van der Waals surface area (Å²) in [5, 5.41) is 26.2. The van der Waals surface area contributed by atoms with Crippen molar-refractivity contribution in [1.82, 2.24) is 0 Å². The number of aliphatic hydroxyl groups is 2. The third kappa shape index (κ3) is 20.0. The number of halogens is 1. The quantitative estimate of drug-likeness (QED) is 0.0359. The third-order valence-electron chi connectivity index (χ3n) is 14.1. The van der Waals surface area contributed by atoms with Crippen molar-refractivity contribution >= 4 is 72.0 Å². The van der Waals surface area contributed by atoms with Crippen LogP contribution in [0.1, 0.15) is 115 Å². The molecule has 9 heteroatoms. The van der Waals surface area contributed by atoms with Crippen LogP contribution in [0.25, 0.3) is 0 Å². The van der Waals surface area contributed by atoms with Crippen molar-refractivity contribution in [3.05, 3.63) is 231 Å². The number of aliphatic hydroxyl groups excluding tert-OH is 2. The van der Waals surface area contributed by atoms with Gasteiger partial charge in [0.2, 0.25) is 0 Å². The van der Waals surface area contributed by atoms with E-state index < -0.39 is 25.0 Å². The van der Waals surface area contributed by atoms with Gasteiger partial charge in [0.25, 0.3) is 25.0 Å². The molecule has 0 aromatic heterocycles. The molecule has 2 N–H and O–H groups in total. The van der Waals surface area contributed by atoms with Crippen LogP contribution in [0, 0.1) is 0 Å². The van der Waals surface area contributed by atoms with Crippen LogP contribution in [0.4, 0.5) is 0 Å². The van der Waals surface area contributed by atoms with Crippen LogP contribution in [-0.4, -0.2) is 73.5 Å². The van der Waals surface area contributed by atoms with Crippen molar-refractivity contribution < 1.29 is 23.5 Å². The molecule has 0 atom stereocenters. The Morgan fingerprint density at radius 1 is 0.354 bits per heavy atom. The Labute approximate surface area is 491 Å². The highest BCUT2D eigenvalue weighted by Gasteiger charge is 2.52. The van der Waals surface area contributed by atoms with Gasteiger partial charge in [0, 0.05) is 38.4 Å². The van der Waals surface area contributed by atoms with Crippen LogP contribution in [0.3, 0.4) is 0 Å². The Morgan fingerprint density at radius 2 is 0.570 bits per heavy atom. The summed E-state index contributed by atoms with van der Waals surface area (Å²) in [6.45, 7) is 42.9. The molecular weight excluding hydrogens is 1080 g/mol. The smallest absolute Gasteiger partial charge is 0.261 e. The lowest BCUT2D eigenvalue weighted by Crippen LogP contribution is -2.66. The molecule has 5 nitrogen and oxygen atoms in total. The first kappa shape index (κ1) is 68.5. The number of hydrogen-bond donors (Lipinski definition) is 2. The van der Waals surface area contributed by atoms with Crippen molar-refractivity contribution in [2.45, 2.75) is 130 Å². The Kier molecular flexibility index (Phi) is 29.3. The molecule has 0 heterocycles. The Bertz CT molecular complexity index is 2420. The van der Waals surface area contributed by atoms with Gasteiger partial charge >= 0.3 is 0 Å². The monoisotopic (exact) mass is 1180 g/mol. The van der Waals surface area contributed by atoms with Crippen molar-refractivity contribution in [3.63, 3.8) is 0 Å². The SMILES string of the molecule is C=C(C)CCO.C=C(C)CCO[Si](c1ccccc1)(c1ccccc1)C(C)(C)C.C=C(CCBr)CCO[Si](c1ccccc1)(c1ccccc1)C(C)(C)C.C=C(CCO)CCO[Si](c1ccccc1)(c1ccccc1)C(C)(C)C. The maximum atomic E-state index is 9.09. The van der Waals surface area contributed by atoms with E-state index in [4.69, 9.17) is 23.5 Å². The van der Waals surface area contributed by atoms with Crippen molar-refractivity contribution in [2.75, 3.05) is 38.4 Å². The minimum Gasteiger partial charge on any atom is -0.407 e. The van der Waals surface area contributed by atoms with Gasteiger partial charge in [-0.05, 0) is 98.6 Å². The molecule has 0 radical (unpaired) electrons. The standard InChI is InChI=1S/C22H29BrOSi.C22H30O2Si.C21H28OSi.C5H10O/c2*1-19(15-17-23)16-18-24-25(22(2,3)4,20-11-7-5-8-12-20)21-13-9-6-10-14-21;1-18(2)16-17-22-23(21(3,4)5,19-12-8-6-9-13-19)20-14-10-7-11-15-20;1-5(2)3-4-6/h5-14H,1,15-18H2,2-4H3;5-14,23H,1,15-18H2,2-4H3;6-15H,1,16-17H2,2-5H3;6H,1,3-4H2,2H3. The van der Waals surface area contributed by atoms with E-state index >= 15 is 0 Å². The first-order chi connectivity index (χ1) is 37.5. The molecule has 0 saturated carbocycles. The summed E-state index contributed by atoms with van der Waals surface area (Å²) in [6, 6.07) is 64.4. The van der Waals surface area contributed by atoms with Crippen LogP contribution >= 0.6 is 15.9 Å². The predicted molar refractivity (Wildman–Crippen MR) is 354 cm³/mol. The molecule has 0 unspecified atom stereocenters. The number of hydrogen-bond acceptors (Lipinski definition) is 5. The van der Waals surface area contributed by atoms with Crippen molar-refractivity contribution in [1.29, 1.82) is 0 Å². The first-order valence-electron chi connectivity index (χ1n) is 28.1. The number of alkyl halides is 1. The average Bonchev–Trinajstić information content (AvgIpc) is 3.54. The summed E-state index contributed by atoms with van der Waals surface area (Å²) in [7, 11) is -7.19. The molecule has 0 spiro atoms. The lowest BCUT2D eigenvalue weighted by Gasteiger charge is -2.43. The fourth-order valence-corrected chi connectivity index (χ4v) is 24.3. The Balaban J connectivity index is 0.000000296. The molecule has 6 rings (SSSR count). The van der Waals surface area contributed by atoms with Crippen LogP contribution in [-0.2, 0) is 13.3 Å². The topological polar surface area (TPSA) is 68.2 Å². The fraction of sp³-hybridized carbons (Fsp3) is 0.371. The molecule has 426 valence electrons. The number of benzene rings is 6. The first-order valence-corrected chi connectivity index (χ1v) is 35.0. The van der Waals surface area contributed by atoms with Crippen LogP contribution in [0.15, 0.2) is 231 Å². The molecule has 0 saturated heterocycles. The van der Waals surface area contributed by atoms with Gasteiger partial charge in [0.05, 0.1) is 0 Å². The second-order valence-electron chi connectivity index (χ2n) is 23.6. The Morgan fingerprint density at radius 3 is 0.747 bits per heavy atom. The summed E-state index contributed by atoms with van der Waals surface area (Å²) in [5.41, 5.74) is 4.50. The summed E-state index contributed by atoms with van der Waals surface area (Å²) in [4.78, 5) is 0. The molecule has 6 aromatic rings. The Hall–Kier alpha value is -4.79. The van der Waals surface area contributed by atoms with Crippen molar-refractivity contribution in [2.24, 2.45) is 0 Å². The van der Waals surface area contributed by atoms with Gasteiger partial charge in [0.1, 0.15) is 0 Å². The van der Waals surface area contributed by atoms with Gasteiger partial charge in [-0.1, -0.05) is 296 Å². The normalized spacial score (nSPS) is 11.9. The molecule has 0 fully saturated rings. The summed E-state index contributed by atoms with van der Waals surface area (Å²) in [5.74, 6) is 0. The van der Waals surface area contributed by atoms with E-state index in [9.17, 15) is 0 Å². The zero-order chi connectivity index (χ0) is 58.6. The van der Waals surface area contributed by atoms with Crippen molar-refractivity contribution in [3.8, 4) is 0 Å². The maximum Gasteiger partial charge on any atom is 0.261 e. The molecule has 0 aliphatic carbocycles. The van der Waals surface area contributed by atoms with Gasteiger partial charge in [-0.25, -0.2) is 0 Å². The summed E-state index contributed by atoms with van der Waals surface area (Å²) >= 11 is 3.49. The molecule has 0 amide bonds. The van der Waals surface area contributed by atoms with Gasteiger partial charge in [-0.3, -0.25) is 0 Å². The second-order valence-corrected chi connectivity index (χ2v) is 37.3. The lowest BCUT2D eigenvalue weighted by atomic mass is 10.2. The van der Waals surface area contributed by atoms with E-state index in [1.807, 2.05) is 6.92 Å². The maximum absolute atomic E-state index is 9.09. The van der Waals surface area contributed by atoms with E-state index in [1.165, 1.54) is 42.3 Å². The second kappa shape index (κ2) is 33.8.